The van der Waals surface area contributed by atoms with Crippen molar-refractivity contribution in [3.05, 3.63) is 70.8 Å². The molecule has 0 spiro atoms. The van der Waals surface area contributed by atoms with Crippen molar-refractivity contribution in [1.29, 1.82) is 0 Å². The number of hydrogen-bond acceptors (Lipinski definition) is 3. The van der Waals surface area contributed by atoms with E-state index in [1.807, 2.05) is 6.07 Å². The lowest BCUT2D eigenvalue weighted by Gasteiger charge is -2.16. The Morgan fingerprint density at radius 3 is 2.47 bits per heavy atom. The van der Waals surface area contributed by atoms with Crippen LogP contribution in [0.4, 0.5) is 13.2 Å². The molecule has 5 nitrogen and oxygen atoms in total. The van der Waals surface area contributed by atoms with Crippen LogP contribution in [0.2, 0.25) is 0 Å². The first-order valence-electron chi connectivity index (χ1n) is 9.67. The van der Waals surface area contributed by atoms with Gasteiger partial charge in [-0.25, -0.2) is 0 Å². The zero-order chi connectivity index (χ0) is 21.6. The highest BCUT2D eigenvalue weighted by atomic mass is 19.4. The van der Waals surface area contributed by atoms with Gasteiger partial charge in [-0.2, -0.15) is 13.2 Å². The van der Waals surface area contributed by atoms with Crippen LogP contribution in [-0.4, -0.2) is 36.0 Å². The smallest absolute Gasteiger partial charge is 0.367 e. The maximum absolute atomic E-state index is 12.5. The van der Waals surface area contributed by atoms with Gasteiger partial charge in [0.2, 0.25) is 5.91 Å². The zero-order valence-corrected chi connectivity index (χ0v) is 16.4. The third kappa shape index (κ3) is 6.59. The number of amides is 2. The number of alkyl halides is 3. The second-order valence-corrected chi connectivity index (χ2v) is 7.23. The predicted molar refractivity (Wildman–Crippen MR) is 104 cm³/mol. The van der Waals surface area contributed by atoms with E-state index in [1.54, 1.807) is 47.4 Å². The molecular formula is C22H23F3N2O3. The Morgan fingerprint density at radius 1 is 1.07 bits per heavy atom. The van der Waals surface area contributed by atoms with Crippen molar-refractivity contribution in [2.75, 3.05) is 13.2 Å². The van der Waals surface area contributed by atoms with E-state index in [-0.39, 0.29) is 25.0 Å². The SMILES string of the molecule is O=C(NCc1ccc(COCC(F)(F)F)cc1)c1cccc(CN2CCCC2=O)c1. The van der Waals surface area contributed by atoms with Crippen molar-refractivity contribution in [3.8, 4) is 0 Å². The first-order valence-corrected chi connectivity index (χ1v) is 9.67. The predicted octanol–water partition coefficient (Wildman–Crippen LogP) is 3.82. The van der Waals surface area contributed by atoms with E-state index in [1.165, 1.54) is 0 Å². The standard InChI is InChI=1S/C22H23F3N2O3/c23-22(24,25)15-30-14-17-8-6-16(7-9-17)12-26-21(29)19-4-1-3-18(11-19)13-27-10-2-5-20(27)28/h1,3-4,6-9,11H,2,5,10,12-15H2,(H,26,29). The lowest BCUT2D eigenvalue weighted by molar-refractivity contribution is -0.176. The number of benzene rings is 2. The molecule has 8 heteroatoms. The van der Waals surface area contributed by atoms with Crippen LogP contribution in [0.15, 0.2) is 48.5 Å². The minimum absolute atomic E-state index is 0.127. The summed E-state index contributed by atoms with van der Waals surface area (Å²) in [5, 5.41) is 2.83. The fraction of sp³-hybridized carbons (Fsp3) is 0.364. The largest absolute Gasteiger partial charge is 0.411 e. The highest BCUT2D eigenvalue weighted by molar-refractivity contribution is 5.94. The molecular weight excluding hydrogens is 397 g/mol. The fourth-order valence-corrected chi connectivity index (χ4v) is 3.22. The molecule has 0 atom stereocenters. The Balaban J connectivity index is 1.49. The first kappa shape index (κ1) is 21.8. The van der Waals surface area contributed by atoms with Gasteiger partial charge >= 0.3 is 6.18 Å². The van der Waals surface area contributed by atoms with E-state index >= 15 is 0 Å². The number of halogens is 3. The summed E-state index contributed by atoms with van der Waals surface area (Å²) in [7, 11) is 0. The molecule has 2 aromatic carbocycles. The molecule has 0 aliphatic carbocycles. The van der Waals surface area contributed by atoms with Gasteiger partial charge in [0.1, 0.15) is 6.61 Å². The van der Waals surface area contributed by atoms with Gasteiger partial charge in [-0.1, -0.05) is 36.4 Å². The second kappa shape index (κ2) is 9.75. The lowest BCUT2D eigenvalue weighted by atomic mass is 10.1. The van der Waals surface area contributed by atoms with Gasteiger partial charge in [0.15, 0.2) is 0 Å². The van der Waals surface area contributed by atoms with Crippen LogP contribution in [0.1, 0.15) is 39.9 Å². The molecule has 1 fully saturated rings. The second-order valence-electron chi connectivity index (χ2n) is 7.23. The molecule has 0 bridgehead atoms. The van der Waals surface area contributed by atoms with E-state index in [4.69, 9.17) is 0 Å². The van der Waals surface area contributed by atoms with Crippen LogP contribution in [0.25, 0.3) is 0 Å². The summed E-state index contributed by atoms with van der Waals surface area (Å²) < 4.78 is 40.9. The monoisotopic (exact) mass is 420 g/mol. The Kier molecular flexibility index (Phi) is 7.10. The third-order valence-electron chi connectivity index (χ3n) is 4.74. The Morgan fingerprint density at radius 2 is 1.80 bits per heavy atom. The van der Waals surface area contributed by atoms with E-state index in [9.17, 15) is 22.8 Å². The number of ether oxygens (including phenoxy) is 1. The summed E-state index contributed by atoms with van der Waals surface area (Å²) in [5.74, 6) is -0.0979. The summed E-state index contributed by atoms with van der Waals surface area (Å²) in [4.78, 5) is 26.0. The summed E-state index contributed by atoms with van der Waals surface area (Å²) in [6.45, 7) is 0.121. The van der Waals surface area contributed by atoms with Crippen molar-refractivity contribution in [2.24, 2.45) is 0 Å². The minimum atomic E-state index is -4.34. The molecule has 1 heterocycles. The van der Waals surface area contributed by atoms with Gasteiger partial charge in [-0.05, 0) is 35.2 Å². The molecule has 0 aromatic heterocycles. The number of nitrogens with one attached hydrogen (secondary N) is 1. The number of hydrogen-bond donors (Lipinski definition) is 1. The highest BCUT2D eigenvalue weighted by Gasteiger charge is 2.27. The third-order valence-corrected chi connectivity index (χ3v) is 4.74. The summed E-state index contributed by atoms with van der Waals surface area (Å²) in [6, 6.07) is 14.0. The molecule has 2 amide bonds. The quantitative estimate of drug-likeness (QED) is 0.707. The topological polar surface area (TPSA) is 58.6 Å². The van der Waals surface area contributed by atoms with E-state index < -0.39 is 12.8 Å². The first-order chi connectivity index (χ1) is 14.3. The van der Waals surface area contributed by atoms with Crippen LogP contribution >= 0.6 is 0 Å². The number of rotatable bonds is 8. The molecule has 1 saturated heterocycles. The van der Waals surface area contributed by atoms with Crippen LogP contribution in [0, 0.1) is 0 Å². The molecule has 0 radical (unpaired) electrons. The van der Waals surface area contributed by atoms with Gasteiger partial charge in [0.25, 0.3) is 5.91 Å². The van der Waals surface area contributed by atoms with E-state index in [0.717, 1.165) is 24.1 Å². The Bertz CT molecular complexity index is 882. The van der Waals surface area contributed by atoms with Crippen LogP contribution in [-0.2, 0) is 29.2 Å². The maximum atomic E-state index is 12.5. The summed E-state index contributed by atoms with van der Waals surface area (Å²) in [5.41, 5.74) is 2.86. The normalized spacial score (nSPS) is 14.2. The van der Waals surface area contributed by atoms with Gasteiger partial charge in [0, 0.05) is 31.6 Å². The number of likely N-dealkylation sites (tertiary alicyclic amines) is 1. The molecule has 2 aromatic rings. The molecule has 160 valence electrons. The lowest BCUT2D eigenvalue weighted by Crippen LogP contribution is -2.25. The number of carbonyl (C=O) groups excluding carboxylic acids is 2. The highest BCUT2D eigenvalue weighted by Crippen LogP contribution is 2.17. The number of nitrogens with zero attached hydrogens (tertiary/aromatic N) is 1. The average molecular weight is 420 g/mol. The molecule has 3 rings (SSSR count). The molecule has 1 aliphatic heterocycles. The maximum Gasteiger partial charge on any atom is 0.411 e. The molecule has 0 saturated carbocycles. The average Bonchev–Trinajstić information content (AvgIpc) is 3.11. The van der Waals surface area contributed by atoms with Crippen molar-refractivity contribution in [3.63, 3.8) is 0 Å². The summed E-state index contributed by atoms with van der Waals surface area (Å²) in [6.07, 6.45) is -2.90. The number of carbonyl (C=O) groups is 2. The van der Waals surface area contributed by atoms with Crippen LogP contribution < -0.4 is 5.32 Å². The minimum Gasteiger partial charge on any atom is -0.367 e. The molecule has 30 heavy (non-hydrogen) atoms. The molecule has 1 N–H and O–H groups in total. The Hall–Kier alpha value is -2.87. The van der Waals surface area contributed by atoms with Crippen LogP contribution in [0.5, 0.6) is 0 Å². The van der Waals surface area contributed by atoms with Crippen molar-refractivity contribution < 1.29 is 27.5 Å². The van der Waals surface area contributed by atoms with Gasteiger partial charge in [-0.3, -0.25) is 9.59 Å². The zero-order valence-electron chi connectivity index (χ0n) is 16.4. The fourth-order valence-electron chi connectivity index (χ4n) is 3.22. The Labute approximate surface area is 172 Å². The van der Waals surface area contributed by atoms with Crippen LogP contribution in [0.3, 0.4) is 0 Å². The molecule has 0 unspecified atom stereocenters. The van der Waals surface area contributed by atoms with E-state index in [2.05, 4.69) is 10.1 Å². The van der Waals surface area contributed by atoms with Crippen molar-refractivity contribution in [1.82, 2.24) is 10.2 Å². The van der Waals surface area contributed by atoms with Crippen molar-refractivity contribution >= 4 is 11.8 Å². The van der Waals surface area contributed by atoms with Gasteiger partial charge in [0.05, 0.1) is 6.61 Å². The van der Waals surface area contributed by atoms with Gasteiger partial charge < -0.3 is 15.0 Å². The van der Waals surface area contributed by atoms with Crippen molar-refractivity contribution in [2.45, 2.75) is 38.7 Å². The molecule has 1 aliphatic rings. The van der Waals surface area contributed by atoms with Gasteiger partial charge in [-0.15, -0.1) is 0 Å². The van der Waals surface area contributed by atoms with E-state index in [0.29, 0.717) is 24.1 Å². The summed E-state index contributed by atoms with van der Waals surface area (Å²) >= 11 is 0.